The summed E-state index contributed by atoms with van der Waals surface area (Å²) >= 11 is 0. The molecule has 0 bridgehead atoms. The Morgan fingerprint density at radius 2 is 1.91 bits per heavy atom. The van der Waals surface area contributed by atoms with E-state index in [0.717, 1.165) is 11.1 Å². The minimum atomic E-state index is -0.667. The molecule has 0 spiro atoms. The summed E-state index contributed by atoms with van der Waals surface area (Å²) in [5.41, 5.74) is 2.26. The quantitative estimate of drug-likeness (QED) is 0.897. The van der Waals surface area contributed by atoms with Crippen molar-refractivity contribution in [3.63, 3.8) is 0 Å². The van der Waals surface area contributed by atoms with Crippen LogP contribution in [0.5, 0.6) is 5.75 Å². The summed E-state index contributed by atoms with van der Waals surface area (Å²) in [5, 5.41) is 2.58. The Bertz CT molecular complexity index is 670. The number of benzene rings is 2. The highest BCUT2D eigenvalue weighted by atomic mass is 19.1. The van der Waals surface area contributed by atoms with Crippen molar-refractivity contribution in [2.75, 3.05) is 5.32 Å². The first kappa shape index (κ1) is 16.0. The smallest absolute Gasteiger partial charge is 0.265 e. The van der Waals surface area contributed by atoms with Gasteiger partial charge in [0.15, 0.2) is 6.10 Å². The average Bonchev–Trinajstić information content (AvgIpc) is 2.51. The first-order valence-corrected chi connectivity index (χ1v) is 7.31. The van der Waals surface area contributed by atoms with E-state index in [2.05, 4.69) is 5.32 Å². The molecule has 0 aliphatic heterocycles. The molecule has 0 heterocycles. The Balaban J connectivity index is 2.13. The number of hydrogen-bond donors (Lipinski definition) is 1. The maximum atomic E-state index is 13.6. The lowest BCUT2D eigenvalue weighted by Crippen LogP contribution is -2.32. The van der Waals surface area contributed by atoms with Gasteiger partial charge in [-0.1, -0.05) is 31.2 Å². The van der Waals surface area contributed by atoms with Gasteiger partial charge in [0.25, 0.3) is 5.91 Å². The van der Waals surface area contributed by atoms with Gasteiger partial charge >= 0.3 is 0 Å². The van der Waals surface area contributed by atoms with Gasteiger partial charge < -0.3 is 10.1 Å². The van der Waals surface area contributed by atoms with E-state index in [9.17, 15) is 9.18 Å². The molecule has 1 amide bonds. The fraction of sp³-hybridized carbons (Fsp3) is 0.278. The highest BCUT2D eigenvalue weighted by Crippen LogP contribution is 2.23. The van der Waals surface area contributed by atoms with Crippen LogP contribution in [0.25, 0.3) is 0 Å². The minimum absolute atomic E-state index is 0.163. The topological polar surface area (TPSA) is 38.3 Å². The first-order valence-electron chi connectivity index (χ1n) is 7.31. The van der Waals surface area contributed by atoms with Crippen LogP contribution in [0.15, 0.2) is 42.5 Å². The lowest BCUT2D eigenvalue weighted by molar-refractivity contribution is -0.122. The van der Waals surface area contributed by atoms with Crippen molar-refractivity contribution in [2.45, 2.75) is 33.3 Å². The van der Waals surface area contributed by atoms with Crippen molar-refractivity contribution < 1.29 is 13.9 Å². The van der Waals surface area contributed by atoms with E-state index >= 15 is 0 Å². The number of rotatable bonds is 5. The number of amides is 1. The Labute approximate surface area is 130 Å². The summed E-state index contributed by atoms with van der Waals surface area (Å²) in [7, 11) is 0. The molecule has 116 valence electrons. The number of carbonyl (C=O) groups excluding carboxylic acids is 1. The second-order valence-electron chi connectivity index (χ2n) is 5.18. The normalized spacial score (nSPS) is 11.8. The highest BCUT2D eigenvalue weighted by Gasteiger charge is 2.20. The molecule has 2 aromatic carbocycles. The molecule has 0 aromatic heterocycles. The van der Waals surface area contributed by atoms with Crippen LogP contribution in [0.3, 0.4) is 0 Å². The van der Waals surface area contributed by atoms with E-state index in [0.29, 0.717) is 12.2 Å². The molecule has 22 heavy (non-hydrogen) atoms. The third kappa shape index (κ3) is 3.64. The SMILES string of the molecule is CCC(Oc1cccc(C)c1C)C(=O)Nc1ccccc1F. The van der Waals surface area contributed by atoms with E-state index in [1.54, 1.807) is 12.1 Å². The number of nitrogens with one attached hydrogen (secondary N) is 1. The maximum absolute atomic E-state index is 13.6. The summed E-state index contributed by atoms with van der Waals surface area (Å²) in [6, 6.07) is 11.8. The number of ether oxygens (including phenoxy) is 1. The third-order valence-electron chi connectivity index (χ3n) is 3.62. The molecule has 0 aliphatic carbocycles. The summed E-state index contributed by atoms with van der Waals surface area (Å²) < 4.78 is 19.4. The van der Waals surface area contributed by atoms with E-state index in [-0.39, 0.29) is 11.6 Å². The largest absolute Gasteiger partial charge is 0.480 e. The number of para-hydroxylation sites is 1. The van der Waals surface area contributed by atoms with E-state index in [1.165, 1.54) is 12.1 Å². The Kier molecular flexibility index (Phi) is 5.15. The fourth-order valence-electron chi connectivity index (χ4n) is 2.10. The molecule has 1 unspecified atom stereocenters. The zero-order chi connectivity index (χ0) is 16.1. The number of aryl methyl sites for hydroxylation is 1. The minimum Gasteiger partial charge on any atom is -0.480 e. The van der Waals surface area contributed by atoms with E-state index in [1.807, 2.05) is 39.0 Å². The fourth-order valence-corrected chi connectivity index (χ4v) is 2.10. The molecule has 0 fully saturated rings. The van der Waals surface area contributed by atoms with Crippen LogP contribution in [0.4, 0.5) is 10.1 Å². The second-order valence-corrected chi connectivity index (χ2v) is 5.18. The van der Waals surface area contributed by atoms with Gasteiger partial charge in [0.2, 0.25) is 0 Å². The van der Waals surface area contributed by atoms with Gasteiger partial charge in [0.1, 0.15) is 11.6 Å². The van der Waals surface area contributed by atoms with Crippen molar-refractivity contribution in [1.29, 1.82) is 0 Å². The van der Waals surface area contributed by atoms with Crippen LogP contribution in [-0.2, 0) is 4.79 Å². The predicted octanol–water partition coefficient (Wildman–Crippen LogP) is 4.24. The van der Waals surface area contributed by atoms with Gasteiger partial charge in [-0.05, 0) is 49.6 Å². The molecule has 0 radical (unpaired) electrons. The molecular formula is C18H20FNO2. The predicted molar refractivity (Wildman–Crippen MR) is 85.7 cm³/mol. The van der Waals surface area contributed by atoms with Crippen LogP contribution in [0.1, 0.15) is 24.5 Å². The number of anilines is 1. The van der Waals surface area contributed by atoms with Gasteiger partial charge in [0.05, 0.1) is 5.69 Å². The zero-order valence-electron chi connectivity index (χ0n) is 13.0. The average molecular weight is 301 g/mol. The molecule has 1 atom stereocenters. The van der Waals surface area contributed by atoms with Crippen LogP contribution >= 0.6 is 0 Å². The number of carbonyl (C=O) groups is 1. The van der Waals surface area contributed by atoms with Crippen LogP contribution in [-0.4, -0.2) is 12.0 Å². The highest BCUT2D eigenvalue weighted by molar-refractivity contribution is 5.94. The standard InChI is InChI=1S/C18H20FNO2/c1-4-16(22-17-11-7-8-12(2)13(17)3)18(21)20-15-10-6-5-9-14(15)19/h5-11,16H,4H2,1-3H3,(H,20,21). The lowest BCUT2D eigenvalue weighted by Gasteiger charge is -2.19. The Morgan fingerprint density at radius 1 is 1.18 bits per heavy atom. The number of halogens is 1. The third-order valence-corrected chi connectivity index (χ3v) is 3.62. The molecule has 3 nitrogen and oxygen atoms in total. The van der Waals surface area contributed by atoms with Gasteiger partial charge in [0, 0.05) is 0 Å². The van der Waals surface area contributed by atoms with Gasteiger partial charge in [-0.3, -0.25) is 4.79 Å². The summed E-state index contributed by atoms with van der Waals surface area (Å²) in [5.74, 6) is -0.138. The van der Waals surface area contributed by atoms with Crippen LogP contribution < -0.4 is 10.1 Å². The Hall–Kier alpha value is -2.36. The Morgan fingerprint density at radius 3 is 2.59 bits per heavy atom. The molecule has 0 saturated carbocycles. The van der Waals surface area contributed by atoms with Crippen molar-refractivity contribution in [2.24, 2.45) is 0 Å². The molecule has 1 N–H and O–H groups in total. The van der Waals surface area contributed by atoms with Gasteiger partial charge in [-0.2, -0.15) is 0 Å². The van der Waals surface area contributed by atoms with E-state index < -0.39 is 11.9 Å². The monoisotopic (exact) mass is 301 g/mol. The lowest BCUT2D eigenvalue weighted by atomic mass is 10.1. The van der Waals surface area contributed by atoms with Crippen LogP contribution in [0, 0.1) is 19.7 Å². The second kappa shape index (κ2) is 7.07. The van der Waals surface area contributed by atoms with Crippen molar-refractivity contribution in [3.8, 4) is 5.75 Å². The van der Waals surface area contributed by atoms with Gasteiger partial charge in [-0.15, -0.1) is 0 Å². The van der Waals surface area contributed by atoms with Crippen molar-refractivity contribution in [3.05, 3.63) is 59.4 Å². The summed E-state index contributed by atoms with van der Waals surface area (Å²) in [4.78, 5) is 12.3. The van der Waals surface area contributed by atoms with Crippen LogP contribution in [0.2, 0.25) is 0 Å². The molecule has 2 rings (SSSR count). The molecule has 4 heteroatoms. The van der Waals surface area contributed by atoms with Gasteiger partial charge in [-0.25, -0.2) is 4.39 Å². The number of hydrogen-bond acceptors (Lipinski definition) is 2. The molecule has 0 saturated heterocycles. The zero-order valence-corrected chi connectivity index (χ0v) is 13.0. The maximum Gasteiger partial charge on any atom is 0.265 e. The van der Waals surface area contributed by atoms with E-state index in [4.69, 9.17) is 4.74 Å². The summed E-state index contributed by atoms with van der Waals surface area (Å²) in [6.45, 7) is 5.80. The molecule has 0 aliphatic rings. The van der Waals surface area contributed by atoms with Crippen molar-refractivity contribution >= 4 is 11.6 Å². The molecular weight excluding hydrogens is 281 g/mol. The first-order chi connectivity index (χ1) is 10.5. The van der Waals surface area contributed by atoms with Crippen molar-refractivity contribution in [1.82, 2.24) is 0 Å². The molecule has 2 aromatic rings. The summed E-state index contributed by atoms with van der Waals surface area (Å²) in [6.07, 6.45) is -0.173.